The molecule has 2 amide bonds. The maximum atomic E-state index is 12.2. The first-order valence-electron chi connectivity index (χ1n) is 15.7. The number of ether oxygens (including phenoxy) is 2. The number of anilines is 3. The van der Waals surface area contributed by atoms with Crippen molar-refractivity contribution < 1.29 is 23.9 Å². The van der Waals surface area contributed by atoms with Gasteiger partial charge in [0.15, 0.2) is 17.8 Å². The Labute approximate surface area is 274 Å². The third-order valence-electron chi connectivity index (χ3n) is 6.78. The molecule has 0 aliphatic carbocycles. The fourth-order valence-electron chi connectivity index (χ4n) is 4.26. The van der Waals surface area contributed by atoms with Gasteiger partial charge in [-0.2, -0.15) is 0 Å². The average molecular weight is 637 g/mol. The highest BCUT2D eigenvalue weighted by molar-refractivity contribution is 5.91. The number of hydrogen-bond acceptors (Lipinski definition) is 8. The van der Waals surface area contributed by atoms with Gasteiger partial charge in [-0.1, -0.05) is 27.7 Å². The van der Waals surface area contributed by atoms with Gasteiger partial charge in [-0.25, -0.2) is 0 Å². The molecule has 46 heavy (non-hydrogen) atoms. The van der Waals surface area contributed by atoms with E-state index in [0.717, 1.165) is 48.2 Å². The minimum Gasteiger partial charge on any atom is -0.493 e. The largest absolute Gasteiger partial charge is 0.493 e. The van der Waals surface area contributed by atoms with Crippen molar-refractivity contribution in [3.05, 3.63) is 59.9 Å². The van der Waals surface area contributed by atoms with Crippen molar-refractivity contribution in [2.24, 2.45) is 12.0 Å². The summed E-state index contributed by atoms with van der Waals surface area (Å²) < 4.78 is 13.0. The van der Waals surface area contributed by atoms with Crippen molar-refractivity contribution in [3.8, 4) is 11.5 Å². The number of carbonyl (C=O) groups excluding carboxylic acids is 3. The van der Waals surface area contributed by atoms with Crippen LogP contribution < -0.4 is 25.8 Å². The zero-order valence-electron chi connectivity index (χ0n) is 28.6. The molecule has 1 aromatic heterocycles. The number of amides is 2. The molecular formula is C35H52N6O5. The van der Waals surface area contributed by atoms with Crippen LogP contribution in [0.15, 0.2) is 53.7 Å². The van der Waals surface area contributed by atoms with Crippen LogP contribution in [0.5, 0.6) is 11.5 Å². The van der Waals surface area contributed by atoms with E-state index in [0.29, 0.717) is 42.5 Å². The normalized spacial score (nSPS) is 10.9. The number of nitrogens with two attached hydrogens (primary N) is 1. The fraction of sp³-hybridized carbons (Fsp3) is 0.429. The van der Waals surface area contributed by atoms with Gasteiger partial charge in [0.1, 0.15) is 0 Å². The molecule has 0 saturated carbocycles. The van der Waals surface area contributed by atoms with Crippen molar-refractivity contribution in [2.75, 3.05) is 43.7 Å². The van der Waals surface area contributed by atoms with Gasteiger partial charge in [-0.15, -0.1) is 0 Å². The van der Waals surface area contributed by atoms with Gasteiger partial charge in [0.25, 0.3) is 0 Å². The SMILES string of the molecule is CC.CCCN(C=O)[C@H](C=Nc1cc(OCCCC(=O)Nc2cc(C=O)n(C)c2)c(OC)cc1C)CC.CNc1ccc(N)cc1. The summed E-state index contributed by atoms with van der Waals surface area (Å²) in [6.07, 6.45) is 7.51. The Morgan fingerprint density at radius 2 is 1.78 bits per heavy atom. The van der Waals surface area contributed by atoms with Crippen LogP contribution in [0.25, 0.3) is 0 Å². The second-order valence-corrected chi connectivity index (χ2v) is 10.1. The van der Waals surface area contributed by atoms with E-state index in [1.54, 1.807) is 42.1 Å². The van der Waals surface area contributed by atoms with Gasteiger partial charge in [0.2, 0.25) is 12.3 Å². The van der Waals surface area contributed by atoms with Crippen LogP contribution in [0.2, 0.25) is 0 Å². The van der Waals surface area contributed by atoms with E-state index >= 15 is 0 Å². The minimum atomic E-state index is -0.157. The van der Waals surface area contributed by atoms with E-state index in [-0.39, 0.29) is 18.4 Å². The Hall–Kier alpha value is -4.80. The third-order valence-corrected chi connectivity index (χ3v) is 6.78. The quantitative estimate of drug-likeness (QED) is 0.0693. The van der Waals surface area contributed by atoms with Crippen LogP contribution in [0.3, 0.4) is 0 Å². The molecule has 0 saturated heterocycles. The molecule has 0 aliphatic rings. The van der Waals surface area contributed by atoms with Crippen molar-refractivity contribution in [2.45, 2.75) is 66.3 Å². The van der Waals surface area contributed by atoms with Gasteiger partial charge in [0.05, 0.1) is 36.8 Å². The van der Waals surface area contributed by atoms with Crippen molar-refractivity contribution in [3.63, 3.8) is 0 Å². The van der Waals surface area contributed by atoms with E-state index in [2.05, 4.69) is 15.6 Å². The fourth-order valence-corrected chi connectivity index (χ4v) is 4.26. The number of methoxy groups -OCH3 is 1. The molecule has 11 nitrogen and oxygen atoms in total. The molecule has 0 radical (unpaired) electrons. The summed E-state index contributed by atoms with van der Waals surface area (Å²) in [5, 5.41) is 5.78. The molecule has 0 fully saturated rings. The lowest BCUT2D eigenvalue weighted by Crippen LogP contribution is -2.35. The molecule has 0 unspecified atom stereocenters. The number of nitrogens with zero attached hydrogens (tertiary/aromatic N) is 3. The van der Waals surface area contributed by atoms with Crippen LogP contribution >= 0.6 is 0 Å². The Kier molecular flexibility index (Phi) is 18.6. The Bertz CT molecular complexity index is 1370. The first-order valence-corrected chi connectivity index (χ1v) is 15.7. The van der Waals surface area contributed by atoms with E-state index in [9.17, 15) is 14.4 Å². The first-order chi connectivity index (χ1) is 22.2. The van der Waals surface area contributed by atoms with E-state index in [1.807, 2.05) is 78.1 Å². The standard InChI is InChI=1S/C26H36N4O5.C7H10N2.C2H6/c1-6-10-30(18-32)21(7-2)15-27-23-14-25(24(34-5)12-19(23)3)35-11-8-9-26(33)28-20-13-22(17-31)29(4)16-20;1-9-7-4-2-6(8)3-5-7;1-2/h12-18,21H,6-11H2,1-5H3,(H,28,33);2-5,9H,8H2,1H3;1-2H3/t21-;;/m0../s1. The summed E-state index contributed by atoms with van der Waals surface area (Å²) >= 11 is 0. The smallest absolute Gasteiger partial charge is 0.224 e. The van der Waals surface area contributed by atoms with Crippen LogP contribution in [0, 0.1) is 6.92 Å². The molecule has 2 aromatic carbocycles. The maximum absolute atomic E-state index is 12.2. The molecule has 252 valence electrons. The van der Waals surface area contributed by atoms with E-state index in [1.165, 1.54) is 0 Å². The topological polar surface area (TPSA) is 140 Å². The number of hydrogen-bond donors (Lipinski definition) is 3. The lowest BCUT2D eigenvalue weighted by atomic mass is 10.1. The first kappa shape index (κ1) is 39.2. The molecular weight excluding hydrogens is 584 g/mol. The highest BCUT2D eigenvalue weighted by Gasteiger charge is 2.14. The van der Waals surface area contributed by atoms with Crippen molar-refractivity contribution in [1.82, 2.24) is 9.47 Å². The van der Waals surface area contributed by atoms with Crippen LogP contribution in [-0.2, 0) is 16.6 Å². The van der Waals surface area contributed by atoms with Gasteiger partial charge in [-0.3, -0.25) is 19.4 Å². The predicted molar refractivity (Wildman–Crippen MR) is 189 cm³/mol. The molecule has 3 aromatic rings. The average Bonchev–Trinajstić information content (AvgIpc) is 3.43. The van der Waals surface area contributed by atoms with Crippen molar-refractivity contribution in [1.29, 1.82) is 0 Å². The molecule has 0 bridgehead atoms. The minimum absolute atomic E-state index is 0.0796. The zero-order chi connectivity index (χ0) is 34.5. The third kappa shape index (κ3) is 13.1. The summed E-state index contributed by atoms with van der Waals surface area (Å²) in [7, 11) is 5.20. The molecule has 0 aliphatic heterocycles. The lowest BCUT2D eigenvalue weighted by Gasteiger charge is -2.23. The summed E-state index contributed by atoms with van der Waals surface area (Å²) in [5.41, 5.74) is 10.1. The molecule has 4 N–H and O–H groups in total. The van der Waals surface area contributed by atoms with E-state index < -0.39 is 0 Å². The maximum Gasteiger partial charge on any atom is 0.224 e. The van der Waals surface area contributed by atoms with Gasteiger partial charge < -0.3 is 35.3 Å². The monoisotopic (exact) mass is 636 g/mol. The molecule has 0 spiro atoms. The summed E-state index contributed by atoms with van der Waals surface area (Å²) in [5.74, 6) is 0.970. The predicted octanol–water partition coefficient (Wildman–Crippen LogP) is 6.64. The number of aromatic nitrogens is 1. The van der Waals surface area contributed by atoms with Gasteiger partial charge >= 0.3 is 0 Å². The highest BCUT2D eigenvalue weighted by atomic mass is 16.5. The summed E-state index contributed by atoms with van der Waals surface area (Å²) in [6, 6.07) is 12.8. The van der Waals surface area contributed by atoms with Crippen molar-refractivity contribution >= 4 is 47.6 Å². The molecule has 1 heterocycles. The number of rotatable bonds is 16. The zero-order valence-corrected chi connectivity index (χ0v) is 28.6. The Morgan fingerprint density at radius 1 is 1.09 bits per heavy atom. The highest BCUT2D eigenvalue weighted by Crippen LogP contribution is 2.35. The molecule has 11 heteroatoms. The second kappa shape index (κ2) is 21.8. The number of nitrogens with one attached hydrogen (secondary N) is 2. The number of aldehydes is 1. The number of nitrogen functional groups attached to an aromatic ring is 1. The number of aliphatic imine (C=N–C) groups is 1. The summed E-state index contributed by atoms with van der Waals surface area (Å²) in [6.45, 7) is 11.0. The van der Waals surface area contributed by atoms with Crippen LogP contribution in [-0.4, -0.2) is 67.6 Å². The van der Waals surface area contributed by atoms with E-state index in [4.69, 9.17) is 15.2 Å². The van der Waals surface area contributed by atoms with Gasteiger partial charge in [0, 0.05) is 56.9 Å². The summed E-state index contributed by atoms with van der Waals surface area (Å²) in [4.78, 5) is 41.0. The number of aryl methyl sites for hydroxylation is 2. The number of carbonyl (C=O) groups is 3. The Balaban J connectivity index is 0.000000814. The lowest BCUT2D eigenvalue weighted by molar-refractivity contribution is -0.119. The van der Waals surface area contributed by atoms with Crippen LogP contribution in [0.1, 0.15) is 69.4 Å². The van der Waals surface area contributed by atoms with Gasteiger partial charge in [-0.05, 0) is 68.1 Å². The molecule has 1 atom stereocenters. The Morgan fingerprint density at radius 3 is 2.33 bits per heavy atom. The van der Waals surface area contributed by atoms with Crippen LogP contribution in [0.4, 0.5) is 22.7 Å². The molecule has 3 rings (SSSR count). The number of benzene rings is 2. The second-order valence-electron chi connectivity index (χ2n) is 10.1.